The Hall–Kier alpha value is -2.22. The molecular formula is C55H105N5O2. The zero-order valence-corrected chi connectivity index (χ0v) is 42.5. The van der Waals surface area contributed by atoms with E-state index in [9.17, 15) is 9.59 Å². The fourth-order valence-corrected chi connectivity index (χ4v) is 7.63. The first kappa shape index (κ1) is 59.8. The highest BCUT2D eigenvalue weighted by Crippen LogP contribution is 2.10. The molecule has 0 aliphatic rings. The lowest BCUT2D eigenvalue weighted by atomic mass is 10.1. The number of unbranched alkanes of at least 4 members (excludes halogenated alkanes) is 18. The van der Waals surface area contributed by atoms with Crippen LogP contribution in [0, 0.1) is 0 Å². The maximum atomic E-state index is 13.8. The van der Waals surface area contributed by atoms with Gasteiger partial charge in [-0.25, -0.2) is 0 Å². The van der Waals surface area contributed by atoms with Gasteiger partial charge in [-0.05, 0) is 96.6 Å². The summed E-state index contributed by atoms with van der Waals surface area (Å²) in [5.74, 6) is 0.299. The minimum absolute atomic E-state index is 0.141. The van der Waals surface area contributed by atoms with E-state index in [2.05, 4.69) is 97.9 Å². The maximum Gasteiger partial charge on any atom is 0.236 e. The van der Waals surface area contributed by atoms with Crippen molar-refractivity contribution in [1.29, 1.82) is 0 Å². The highest BCUT2D eigenvalue weighted by molar-refractivity contribution is 5.79. The Balaban J connectivity index is 5.44. The van der Waals surface area contributed by atoms with E-state index < -0.39 is 0 Å². The average Bonchev–Trinajstić information content (AvgIpc) is 3.27. The first-order valence-electron chi connectivity index (χ1n) is 26.6. The third-order valence-electron chi connectivity index (χ3n) is 12.1. The number of carbonyl (C=O) groups excluding carboxylic acids is 2. The monoisotopic (exact) mass is 868 g/mol. The van der Waals surface area contributed by atoms with Gasteiger partial charge in [0.2, 0.25) is 11.8 Å². The van der Waals surface area contributed by atoms with Crippen molar-refractivity contribution in [3.8, 4) is 0 Å². The van der Waals surface area contributed by atoms with E-state index in [4.69, 9.17) is 0 Å². The van der Waals surface area contributed by atoms with Gasteiger partial charge in [0, 0.05) is 59.9 Å². The number of rotatable bonds is 46. The summed E-state index contributed by atoms with van der Waals surface area (Å²) in [4.78, 5) is 38.4. The highest BCUT2D eigenvalue weighted by Gasteiger charge is 2.19. The average molecular weight is 868 g/mol. The van der Waals surface area contributed by atoms with Crippen LogP contribution in [0.5, 0.6) is 0 Å². The predicted octanol–water partition coefficient (Wildman–Crippen LogP) is 13.7. The molecule has 0 bridgehead atoms. The van der Waals surface area contributed by atoms with Crippen LogP contribution in [0.4, 0.5) is 0 Å². The molecule has 7 nitrogen and oxygen atoms in total. The first-order valence-corrected chi connectivity index (χ1v) is 26.6. The number of amides is 2. The summed E-state index contributed by atoms with van der Waals surface area (Å²) in [5, 5.41) is 0. The molecule has 0 saturated carbocycles. The van der Waals surface area contributed by atoms with Crippen LogP contribution in [-0.4, -0.2) is 122 Å². The van der Waals surface area contributed by atoms with Crippen molar-refractivity contribution in [2.75, 3.05) is 86.1 Å². The molecule has 62 heavy (non-hydrogen) atoms. The van der Waals surface area contributed by atoms with Gasteiger partial charge in [0.1, 0.15) is 0 Å². The maximum absolute atomic E-state index is 13.8. The van der Waals surface area contributed by atoms with Crippen LogP contribution in [0.3, 0.4) is 0 Å². The van der Waals surface area contributed by atoms with Crippen molar-refractivity contribution in [1.82, 2.24) is 24.5 Å². The quantitative estimate of drug-likeness (QED) is 0.0451. The molecule has 0 aromatic carbocycles. The molecule has 0 spiro atoms. The van der Waals surface area contributed by atoms with Crippen LogP contribution in [0.2, 0.25) is 0 Å². The van der Waals surface area contributed by atoms with Crippen LogP contribution >= 0.6 is 0 Å². The topological polar surface area (TPSA) is 50.3 Å². The van der Waals surface area contributed by atoms with Crippen molar-refractivity contribution >= 4 is 11.8 Å². The summed E-state index contributed by atoms with van der Waals surface area (Å²) in [6.45, 7) is 20.1. The van der Waals surface area contributed by atoms with Gasteiger partial charge in [-0.2, -0.15) is 0 Å². The van der Waals surface area contributed by atoms with Crippen LogP contribution < -0.4 is 0 Å². The van der Waals surface area contributed by atoms with E-state index in [1.807, 2.05) is 23.9 Å². The third kappa shape index (κ3) is 39.4. The first-order chi connectivity index (χ1) is 30.3. The molecule has 0 unspecified atom stereocenters. The molecule has 0 radical (unpaired) electrons. The van der Waals surface area contributed by atoms with Gasteiger partial charge in [-0.15, -0.1) is 0 Å². The largest absolute Gasteiger partial charge is 0.343 e. The summed E-state index contributed by atoms with van der Waals surface area (Å²) in [5.41, 5.74) is 0. The van der Waals surface area contributed by atoms with Crippen molar-refractivity contribution < 1.29 is 9.59 Å². The molecule has 0 heterocycles. The summed E-state index contributed by atoms with van der Waals surface area (Å²) in [6, 6.07) is 0. The number of hydrogen-bond donors (Lipinski definition) is 0. The summed E-state index contributed by atoms with van der Waals surface area (Å²) < 4.78 is 0. The van der Waals surface area contributed by atoms with Gasteiger partial charge in [0.15, 0.2) is 0 Å². The van der Waals surface area contributed by atoms with Crippen LogP contribution in [0.1, 0.15) is 208 Å². The fourth-order valence-electron chi connectivity index (χ4n) is 7.63. The van der Waals surface area contributed by atoms with E-state index in [0.29, 0.717) is 26.2 Å². The molecule has 0 aliphatic heterocycles. The van der Waals surface area contributed by atoms with Crippen LogP contribution in [-0.2, 0) is 9.59 Å². The number of hydrogen-bond acceptors (Lipinski definition) is 5. The number of carbonyl (C=O) groups is 2. The zero-order chi connectivity index (χ0) is 45.6. The molecule has 0 saturated heterocycles. The predicted molar refractivity (Wildman–Crippen MR) is 274 cm³/mol. The fraction of sp³-hybridized carbons (Fsp3) is 0.818. The summed E-state index contributed by atoms with van der Waals surface area (Å²) in [6.07, 6.45) is 51.7. The Bertz CT molecular complexity index is 1080. The van der Waals surface area contributed by atoms with E-state index in [-0.39, 0.29) is 11.8 Å². The van der Waals surface area contributed by atoms with Gasteiger partial charge in [-0.1, -0.05) is 173 Å². The van der Waals surface area contributed by atoms with Crippen LogP contribution in [0.15, 0.2) is 48.6 Å². The smallest absolute Gasteiger partial charge is 0.236 e. The SMILES string of the molecule is CCCC/C=C/CCCN(CCCCCCCCC)CC(=O)N(C)CCN(C)C(=O)CN(CC/C=C\CCCCC)CCN(CC/C=C\CCCCC)CC/C=C\CCCCC. The van der Waals surface area contributed by atoms with E-state index in [1.54, 1.807) is 0 Å². The van der Waals surface area contributed by atoms with Gasteiger partial charge in [-0.3, -0.25) is 19.4 Å². The second kappa shape index (κ2) is 46.8. The molecule has 0 N–H and O–H groups in total. The summed E-state index contributed by atoms with van der Waals surface area (Å²) in [7, 11) is 3.83. The van der Waals surface area contributed by atoms with Crippen molar-refractivity contribution in [2.24, 2.45) is 0 Å². The Kier molecular flexibility index (Phi) is 45.1. The molecule has 0 fully saturated rings. The van der Waals surface area contributed by atoms with E-state index >= 15 is 0 Å². The molecule has 0 atom stereocenters. The minimum atomic E-state index is 0.141. The molecule has 0 aromatic rings. The van der Waals surface area contributed by atoms with Crippen LogP contribution in [0.25, 0.3) is 0 Å². The van der Waals surface area contributed by atoms with Gasteiger partial charge < -0.3 is 14.7 Å². The van der Waals surface area contributed by atoms with Gasteiger partial charge in [0.25, 0.3) is 0 Å². The second-order valence-electron chi connectivity index (χ2n) is 18.2. The number of nitrogens with zero attached hydrogens (tertiary/aromatic N) is 5. The lowest BCUT2D eigenvalue weighted by molar-refractivity contribution is -0.134. The molecule has 7 heteroatoms. The van der Waals surface area contributed by atoms with Crippen molar-refractivity contribution in [3.63, 3.8) is 0 Å². The highest BCUT2D eigenvalue weighted by atomic mass is 16.2. The molecule has 0 aromatic heterocycles. The number of likely N-dealkylation sites (N-methyl/N-ethyl adjacent to an activating group) is 2. The lowest BCUT2D eigenvalue weighted by Crippen LogP contribution is -2.45. The molecule has 0 rings (SSSR count). The second-order valence-corrected chi connectivity index (χ2v) is 18.2. The Labute approximate surface area is 387 Å². The Morgan fingerprint density at radius 1 is 0.290 bits per heavy atom. The van der Waals surface area contributed by atoms with Crippen molar-refractivity contribution in [2.45, 2.75) is 208 Å². The van der Waals surface area contributed by atoms with Gasteiger partial charge >= 0.3 is 0 Å². The molecular weight excluding hydrogens is 763 g/mol. The normalized spacial score (nSPS) is 12.3. The Morgan fingerprint density at radius 3 is 1.05 bits per heavy atom. The van der Waals surface area contributed by atoms with E-state index in [1.165, 1.54) is 128 Å². The zero-order valence-electron chi connectivity index (χ0n) is 42.5. The lowest BCUT2D eigenvalue weighted by Gasteiger charge is -2.29. The summed E-state index contributed by atoms with van der Waals surface area (Å²) >= 11 is 0. The number of allylic oxidation sites excluding steroid dienone is 5. The Morgan fingerprint density at radius 2 is 0.597 bits per heavy atom. The van der Waals surface area contributed by atoms with E-state index in [0.717, 1.165) is 90.8 Å². The van der Waals surface area contributed by atoms with Gasteiger partial charge in [0.05, 0.1) is 13.1 Å². The molecule has 0 aliphatic carbocycles. The molecule has 2 amide bonds. The standard InChI is InChI=1S/C55H105N5O2/c1-8-13-18-23-28-33-38-43-58(44-39-34-29-24-19-14-9-2)50-51-60(47-42-37-32-27-22-17-12-5)53-55(62)57(7)49-48-56(6)54(61)52-59(45-40-35-30-25-20-15-10-3)46-41-36-31-26-21-16-11-4/h25,28-30,32-34,37H,8-24,26-27,31,35-36,38-53H2,1-7H3/b30-25+,33-28-,34-29-,37-32-. The third-order valence-corrected chi connectivity index (χ3v) is 12.1. The van der Waals surface area contributed by atoms with Crippen molar-refractivity contribution in [3.05, 3.63) is 48.6 Å². The molecule has 362 valence electrons. The minimum Gasteiger partial charge on any atom is -0.343 e.